The molecule has 0 radical (unpaired) electrons. The molecule has 0 fully saturated rings. The summed E-state index contributed by atoms with van der Waals surface area (Å²) in [5.41, 5.74) is 1.45. The van der Waals surface area contributed by atoms with Crippen molar-refractivity contribution in [3.8, 4) is 6.07 Å². The van der Waals surface area contributed by atoms with E-state index < -0.39 is 5.82 Å². The minimum Gasteiger partial charge on any atom is -0.353 e. The van der Waals surface area contributed by atoms with Gasteiger partial charge in [-0.3, -0.25) is 0 Å². The van der Waals surface area contributed by atoms with E-state index in [0.717, 1.165) is 10.2 Å². The Morgan fingerprint density at radius 1 is 1.12 bits per heavy atom. The van der Waals surface area contributed by atoms with Gasteiger partial charge in [0.15, 0.2) is 0 Å². The predicted octanol–water partition coefficient (Wildman–Crippen LogP) is 4.20. The molecular weight excluding hydrogens is 283 g/mol. The number of nitriles is 1. The number of hydrogen-bond acceptors (Lipinski definition) is 2. The highest BCUT2D eigenvalue weighted by Crippen LogP contribution is 2.22. The number of benzene rings is 2. The second-order valence-corrected chi connectivity index (χ2v) is 4.35. The van der Waals surface area contributed by atoms with E-state index in [1.54, 1.807) is 12.1 Å². The summed E-state index contributed by atoms with van der Waals surface area (Å²) in [6, 6.07) is 13.6. The fourth-order valence-corrected chi connectivity index (χ4v) is 1.64. The van der Waals surface area contributed by atoms with Crippen LogP contribution in [0.3, 0.4) is 0 Å². The summed E-state index contributed by atoms with van der Waals surface area (Å²) in [4.78, 5) is 0. The van der Waals surface area contributed by atoms with Crippen molar-refractivity contribution in [2.75, 3.05) is 5.32 Å². The molecule has 0 amide bonds. The van der Waals surface area contributed by atoms with Crippen LogP contribution in [0.4, 0.5) is 15.8 Å². The third-order valence-electron chi connectivity index (χ3n) is 2.22. The second-order valence-electron chi connectivity index (χ2n) is 3.44. The number of anilines is 2. The van der Waals surface area contributed by atoms with Gasteiger partial charge in [0.05, 0.1) is 17.3 Å². The minimum atomic E-state index is -0.438. The van der Waals surface area contributed by atoms with Gasteiger partial charge in [-0.05, 0) is 42.5 Å². The van der Waals surface area contributed by atoms with Crippen LogP contribution in [0.25, 0.3) is 0 Å². The molecule has 2 nitrogen and oxygen atoms in total. The van der Waals surface area contributed by atoms with E-state index in [2.05, 4.69) is 21.2 Å². The minimum absolute atomic E-state index is 0.309. The maximum atomic E-state index is 13.6. The van der Waals surface area contributed by atoms with Crippen LogP contribution in [0.5, 0.6) is 0 Å². The second kappa shape index (κ2) is 4.98. The number of rotatable bonds is 2. The highest BCUT2D eigenvalue weighted by atomic mass is 79.9. The summed E-state index contributed by atoms with van der Waals surface area (Å²) in [6.45, 7) is 0. The molecule has 0 aliphatic carbocycles. The van der Waals surface area contributed by atoms with Crippen LogP contribution in [-0.4, -0.2) is 0 Å². The Kier molecular flexibility index (Phi) is 3.40. The van der Waals surface area contributed by atoms with Crippen molar-refractivity contribution in [3.05, 3.63) is 58.3 Å². The van der Waals surface area contributed by atoms with Crippen LogP contribution in [0.2, 0.25) is 0 Å². The van der Waals surface area contributed by atoms with E-state index in [0.29, 0.717) is 11.3 Å². The van der Waals surface area contributed by atoms with E-state index in [-0.39, 0.29) is 0 Å². The number of halogens is 2. The van der Waals surface area contributed by atoms with Gasteiger partial charge >= 0.3 is 0 Å². The SMILES string of the molecule is N#Cc1ccc(Nc2ccc(Br)cc2)c(F)c1. The Balaban J connectivity index is 2.25. The lowest BCUT2D eigenvalue weighted by Gasteiger charge is -2.07. The summed E-state index contributed by atoms with van der Waals surface area (Å²) in [5, 5.41) is 11.6. The zero-order chi connectivity index (χ0) is 12.3. The molecule has 0 bridgehead atoms. The molecule has 0 atom stereocenters. The van der Waals surface area contributed by atoms with Crippen LogP contribution < -0.4 is 5.32 Å². The summed E-state index contributed by atoms with van der Waals surface area (Å²) >= 11 is 3.33. The number of nitrogens with zero attached hydrogens (tertiary/aromatic N) is 1. The normalized spacial score (nSPS) is 9.71. The van der Waals surface area contributed by atoms with Crippen LogP contribution in [-0.2, 0) is 0 Å². The Bertz CT molecular complexity index is 573. The van der Waals surface area contributed by atoms with Gasteiger partial charge in [-0.1, -0.05) is 15.9 Å². The van der Waals surface area contributed by atoms with Gasteiger partial charge in [0, 0.05) is 10.2 Å². The molecule has 0 aliphatic heterocycles. The molecule has 17 heavy (non-hydrogen) atoms. The largest absolute Gasteiger partial charge is 0.353 e. The highest BCUT2D eigenvalue weighted by molar-refractivity contribution is 9.10. The standard InChI is InChI=1S/C13H8BrFN2/c14-10-2-4-11(5-3-10)17-13-6-1-9(8-16)7-12(13)15/h1-7,17H. The van der Waals surface area contributed by atoms with Crippen molar-refractivity contribution in [2.45, 2.75) is 0 Å². The lowest BCUT2D eigenvalue weighted by Crippen LogP contribution is -1.94. The molecule has 2 aromatic rings. The fourth-order valence-electron chi connectivity index (χ4n) is 1.37. The molecule has 0 spiro atoms. The van der Waals surface area contributed by atoms with Crippen molar-refractivity contribution in [1.29, 1.82) is 5.26 Å². The molecule has 0 aliphatic rings. The van der Waals surface area contributed by atoms with Gasteiger partial charge in [-0.15, -0.1) is 0 Å². The van der Waals surface area contributed by atoms with Gasteiger partial charge in [-0.2, -0.15) is 5.26 Å². The lowest BCUT2D eigenvalue weighted by molar-refractivity contribution is 0.631. The maximum Gasteiger partial charge on any atom is 0.147 e. The zero-order valence-corrected chi connectivity index (χ0v) is 10.3. The van der Waals surface area contributed by atoms with Gasteiger partial charge in [0.1, 0.15) is 5.82 Å². The molecule has 0 saturated heterocycles. The Labute approximate surface area is 107 Å². The molecule has 1 N–H and O–H groups in total. The number of nitrogens with one attached hydrogen (secondary N) is 1. The Morgan fingerprint density at radius 3 is 2.41 bits per heavy atom. The van der Waals surface area contributed by atoms with E-state index in [1.807, 2.05) is 30.3 Å². The van der Waals surface area contributed by atoms with Gasteiger partial charge in [-0.25, -0.2) is 4.39 Å². The lowest BCUT2D eigenvalue weighted by atomic mass is 10.2. The zero-order valence-electron chi connectivity index (χ0n) is 8.74. The third kappa shape index (κ3) is 2.83. The van der Waals surface area contributed by atoms with Crippen molar-refractivity contribution >= 4 is 27.3 Å². The first-order valence-corrected chi connectivity index (χ1v) is 5.70. The van der Waals surface area contributed by atoms with Crippen molar-refractivity contribution in [1.82, 2.24) is 0 Å². The van der Waals surface area contributed by atoms with Crippen LogP contribution in [0.15, 0.2) is 46.9 Å². The highest BCUT2D eigenvalue weighted by Gasteiger charge is 2.03. The van der Waals surface area contributed by atoms with Crippen molar-refractivity contribution < 1.29 is 4.39 Å². The molecule has 0 aromatic heterocycles. The average Bonchev–Trinajstić information content (AvgIpc) is 2.34. The number of hydrogen-bond donors (Lipinski definition) is 1. The maximum absolute atomic E-state index is 13.6. The first-order valence-electron chi connectivity index (χ1n) is 4.91. The molecule has 2 rings (SSSR count). The van der Waals surface area contributed by atoms with Crippen molar-refractivity contribution in [2.24, 2.45) is 0 Å². The molecule has 0 saturated carbocycles. The monoisotopic (exact) mass is 290 g/mol. The summed E-state index contributed by atoms with van der Waals surface area (Å²) in [7, 11) is 0. The molecule has 2 aromatic carbocycles. The van der Waals surface area contributed by atoms with Gasteiger partial charge in [0.25, 0.3) is 0 Å². The fraction of sp³-hybridized carbons (Fsp3) is 0. The molecule has 4 heteroatoms. The Morgan fingerprint density at radius 2 is 1.82 bits per heavy atom. The van der Waals surface area contributed by atoms with Crippen LogP contribution in [0, 0.1) is 17.1 Å². The van der Waals surface area contributed by atoms with Crippen molar-refractivity contribution in [3.63, 3.8) is 0 Å². The molecule has 0 heterocycles. The van der Waals surface area contributed by atoms with Crippen LogP contribution in [0.1, 0.15) is 5.56 Å². The third-order valence-corrected chi connectivity index (χ3v) is 2.75. The predicted molar refractivity (Wildman–Crippen MR) is 68.5 cm³/mol. The van der Waals surface area contributed by atoms with E-state index in [9.17, 15) is 4.39 Å². The van der Waals surface area contributed by atoms with Gasteiger partial charge in [0.2, 0.25) is 0 Å². The smallest absolute Gasteiger partial charge is 0.147 e. The Hall–Kier alpha value is -1.86. The summed E-state index contributed by atoms with van der Waals surface area (Å²) in [6.07, 6.45) is 0. The van der Waals surface area contributed by atoms with E-state index in [1.165, 1.54) is 6.07 Å². The summed E-state index contributed by atoms with van der Waals surface area (Å²) < 4.78 is 14.5. The first-order chi connectivity index (χ1) is 8.19. The quantitative estimate of drug-likeness (QED) is 0.900. The molecular formula is C13H8BrFN2. The molecule has 84 valence electrons. The van der Waals surface area contributed by atoms with Gasteiger partial charge < -0.3 is 5.32 Å². The summed E-state index contributed by atoms with van der Waals surface area (Å²) in [5.74, 6) is -0.438. The van der Waals surface area contributed by atoms with Crippen LogP contribution >= 0.6 is 15.9 Å². The first kappa shape index (κ1) is 11.6. The topological polar surface area (TPSA) is 35.8 Å². The molecule has 0 unspecified atom stereocenters. The van der Waals surface area contributed by atoms with E-state index >= 15 is 0 Å². The average molecular weight is 291 g/mol. The van der Waals surface area contributed by atoms with E-state index in [4.69, 9.17) is 5.26 Å².